The van der Waals surface area contributed by atoms with E-state index >= 15 is 0 Å². The Morgan fingerprint density at radius 1 is 1.32 bits per heavy atom. The van der Waals surface area contributed by atoms with Gasteiger partial charge in [0.05, 0.1) is 12.5 Å². The van der Waals surface area contributed by atoms with Gasteiger partial charge in [-0.15, -0.1) is 11.3 Å². The maximum absolute atomic E-state index is 12.0. The van der Waals surface area contributed by atoms with Gasteiger partial charge in [-0.1, -0.05) is 29.8 Å². The third-order valence-corrected chi connectivity index (χ3v) is 4.06. The van der Waals surface area contributed by atoms with Crippen LogP contribution in [0, 0.1) is 13.8 Å². The minimum Gasteiger partial charge on any atom is -0.349 e. The number of hydrogen-bond acceptors (Lipinski definition) is 2. The predicted molar refractivity (Wildman–Crippen MR) is 80.5 cm³/mol. The number of nitrogens with one attached hydrogen (secondary N) is 1. The fourth-order valence-electron chi connectivity index (χ4n) is 2.25. The molecular weight excluding hydrogens is 254 g/mol. The number of carbonyl (C=O) groups is 1. The van der Waals surface area contributed by atoms with Gasteiger partial charge in [0.25, 0.3) is 0 Å². The molecule has 2 nitrogen and oxygen atoms in total. The fourth-order valence-corrected chi connectivity index (χ4v) is 2.96. The van der Waals surface area contributed by atoms with E-state index in [1.54, 1.807) is 11.3 Å². The lowest BCUT2D eigenvalue weighted by Crippen LogP contribution is -2.28. The summed E-state index contributed by atoms with van der Waals surface area (Å²) in [4.78, 5) is 13.1. The smallest absolute Gasteiger partial charge is 0.225 e. The Bertz CT molecular complexity index is 560. The van der Waals surface area contributed by atoms with Crippen molar-refractivity contribution in [1.29, 1.82) is 0 Å². The Morgan fingerprint density at radius 3 is 2.74 bits per heavy atom. The Balaban J connectivity index is 2.00. The van der Waals surface area contributed by atoms with Gasteiger partial charge < -0.3 is 5.32 Å². The predicted octanol–water partition coefficient (Wildman–Crippen LogP) is 3.78. The van der Waals surface area contributed by atoms with Crippen molar-refractivity contribution >= 4 is 17.2 Å². The number of aryl methyl sites for hydroxylation is 2. The minimum absolute atomic E-state index is 0.0491. The molecule has 0 aliphatic heterocycles. The Morgan fingerprint density at radius 2 is 2.11 bits per heavy atom. The summed E-state index contributed by atoms with van der Waals surface area (Å²) in [7, 11) is 0. The molecule has 0 spiro atoms. The summed E-state index contributed by atoms with van der Waals surface area (Å²) in [6, 6.07) is 10.3. The topological polar surface area (TPSA) is 29.1 Å². The molecule has 1 atom stereocenters. The molecule has 2 rings (SSSR count). The normalized spacial score (nSPS) is 12.2. The molecular formula is C16H19NOS. The summed E-state index contributed by atoms with van der Waals surface area (Å²) >= 11 is 1.62. The van der Waals surface area contributed by atoms with Gasteiger partial charge in [0.2, 0.25) is 5.91 Å². The zero-order chi connectivity index (χ0) is 13.8. The number of thiophene rings is 1. The van der Waals surface area contributed by atoms with Gasteiger partial charge in [-0.2, -0.15) is 0 Å². The van der Waals surface area contributed by atoms with Gasteiger partial charge in [0, 0.05) is 4.88 Å². The number of benzene rings is 1. The first kappa shape index (κ1) is 13.8. The molecule has 1 N–H and O–H groups in total. The standard InChI is InChI=1S/C16H19NOS/c1-11-6-7-15(12(2)9-11)13(3)17-16(18)10-14-5-4-8-19-14/h4-9,13H,10H2,1-3H3,(H,17,18)/t13-/m0/s1. The highest BCUT2D eigenvalue weighted by Gasteiger charge is 2.12. The van der Waals surface area contributed by atoms with Gasteiger partial charge in [-0.05, 0) is 43.3 Å². The first-order chi connectivity index (χ1) is 9.06. The first-order valence-corrected chi connectivity index (χ1v) is 7.33. The van der Waals surface area contributed by atoms with Gasteiger partial charge in [-0.25, -0.2) is 0 Å². The largest absolute Gasteiger partial charge is 0.349 e. The highest BCUT2D eigenvalue weighted by atomic mass is 32.1. The van der Waals surface area contributed by atoms with Crippen molar-refractivity contribution in [2.45, 2.75) is 33.2 Å². The molecule has 0 aliphatic carbocycles. The van der Waals surface area contributed by atoms with Crippen LogP contribution in [0.3, 0.4) is 0 Å². The third kappa shape index (κ3) is 3.67. The lowest BCUT2D eigenvalue weighted by molar-refractivity contribution is -0.121. The highest BCUT2D eigenvalue weighted by Crippen LogP contribution is 2.19. The maximum Gasteiger partial charge on any atom is 0.225 e. The highest BCUT2D eigenvalue weighted by molar-refractivity contribution is 7.10. The zero-order valence-electron chi connectivity index (χ0n) is 11.6. The van der Waals surface area contributed by atoms with Crippen LogP contribution in [0.4, 0.5) is 0 Å². The number of carbonyl (C=O) groups excluding carboxylic acids is 1. The molecule has 0 saturated carbocycles. The molecule has 19 heavy (non-hydrogen) atoms. The van der Waals surface area contributed by atoms with Gasteiger partial charge in [-0.3, -0.25) is 4.79 Å². The first-order valence-electron chi connectivity index (χ1n) is 6.45. The second-order valence-electron chi connectivity index (χ2n) is 4.91. The van der Waals surface area contributed by atoms with Crippen molar-refractivity contribution in [1.82, 2.24) is 5.32 Å². The molecule has 2 aromatic rings. The summed E-state index contributed by atoms with van der Waals surface area (Å²) < 4.78 is 0. The van der Waals surface area contributed by atoms with Crippen LogP contribution in [0.5, 0.6) is 0 Å². The number of hydrogen-bond donors (Lipinski definition) is 1. The second kappa shape index (κ2) is 6.02. The molecule has 0 radical (unpaired) electrons. The molecule has 100 valence electrons. The van der Waals surface area contributed by atoms with Crippen LogP contribution in [-0.2, 0) is 11.2 Å². The summed E-state index contributed by atoms with van der Waals surface area (Å²) in [5.74, 6) is 0.0786. The van der Waals surface area contributed by atoms with E-state index in [0.717, 1.165) is 4.88 Å². The van der Waals surface area contributed by atoms with Crippen molar-refractivity contribution in [2.75, 3.05) is 0 Å². The summed E-state index contributed by atoms with van der Waals surface area (Å²) in [6.45, 7) is 6.20. The fraction of sp³-hybridized carbons (Fsp3) is 0.312. The van der Waals surface area contributed by atoms with E-state index < -0.39 is 0 Å². The van der Waals surface area contributed by atoms with E-state index in [1.807, 2.05) is 24.4 Å². The van der Waals surface area contributed by atoms with E-state index in [4.69, 9.17) is 0 Å². The number of amides is 1. The van der Waals surface area contributed by atoms with Gasteiger partial charge in [0.15, 0.2) is 0 Å². The number of rotatable bonds is 4. The van der Waals surface area contributed by atoms with Crippen LogP contribution in [0.1, 0.15) is 34.5 Å². The molecule has 3 heteroatoms. The monoisotopic (exact) mass is 273 g/mol. The van der Waals surface area contributed by atoms with E-state index in [0.29, 0.717) is 6.42 Å². The average molecular weight is 273 g/mol. The van der Waals surface area contributed by atoms with Crippen LogP contribution < -0.4 is 5.32 Å². The van der Waals surface area contributed by atoms with Crippen LogP contribution >= 0.6 is 11.3 Å². The lowest BCUT2D eigenvalue weighted by atomic mass is 10.0. The molecule has 1 heterocycles. The van der Waals surface area contributed by atoms with Crippen molar-refractivity contribution in [3.8, 4) is 0 Å². The van der Waals surface area contributed by atoms with Crippen molar-refractivity contribution < 1.29 is 4.79 Å². The average Bonchev–Trinajstić information content (AvgIpc) is 2.81. The Labute approximate surface area is 118 Å². The molecule has 0 saturated heterocycles. The van der Waals surface area contributed by atoms with Crippen LogP contribution in [-0.4, -0.2) is 5.91 Å². The molecule has 0 bridgehead atoms. The van der Waals surface area contributed by atoms with Crippen molar-refractivity contribution in [2.24, 2.45) is 0 Å². The molecule has 0 aliphatic rings. The second-order valence-corrected chi connectivity index (χ2v) is 5.94. The van der Waals surface area contributed by atoms with Crippen molar-refractivity contribution in [3.63, 3.8) is 0 Å². The van der Waals surface area contributed by atoms with E-state index in [1.165, 1.54) is 16.7 Å². The minimum atomic E-state index is 0.0491. The quantitative estimate of drug-likeness (QED) is 0.902. The van der Waals surface area contributed by atoms with E-state index in [-0.39, 0.29) is 11.9 Å². The van der Waals surface area contributed by atoms with Crippen molar-refractivity contribution in [3.05, 3.63) is 57.3 Å². The van der Waals surface area contributed by atoms with Crippen LogP contribution in [0.2, 0.25) is 0 Å². The van der Waals surface area contributed by atoms with Gasteiger partial charge >= 0.3 is 0 Å². The van der Waals surface area contributed by atoms with Crippen LogP contribution in [0.15, 0.2) is 35.7 Å². The summed E-state index contributed by atoms with van der Waals surface area (Å²) in [5, 5.41) is 5.06. The Hall–Kier alpha value is -1.61. The third-order valence-electron chi connectivity index (χ3n) is 3.18. The zero-order valence-corrected chi connectivity index (χ0v) is 12.4. The van der Waals surface area contributed by atoms with Crippen LogP contribution in [0.25, 0.3) is 0 Å². The molecule has 1 aromatic carbocycles. The van der Waals surface area contributed by atoms with E-state index in [9.17, 15) is 4.79 Å². The molecule has 0 fully saturated rings. The molecule has 0 unspecified atom stereocenters. The molecule has 1 aromatic heterocycles. The summed E-state index contributed by atoms with van der Waals surface area (Å²) in [5.41, 5.74) is 3.66. The SMILES string of the molecule is Cc1ccc([C@H](C)NC(=O)Cc2cccs2)c(C)c1. The Kier molecular flexibility index (Phi) is 4.38. The summed E-state index contributed by atoms with van der Waals surface area (Å²) in [6.07, 6.45) is 0.465. The van der Waals surface area contributed by atoms with E-state index in [2.05, 4.69) is 37.4 Å². The maximum atomic E-state index is 12.0. The molecule has 1 amide bonds. The lowest BCUT2D eigenvalue weighted by Gasteiger charge is -2.17. The van der Waals surface area contributed by atoms with Gasteiger partial charge in [0.1, 0.15) is 0 Å².